The standard InChI is InChI=1S/C27H28N4O4/c1-3-14-35-21-9-8-18(15-22(21)34-2)26-23-24(19-6-4-5-7-20(19)32)29-30-25(23)27(33)31(26)16-17-10-12-28-13-11-17/h3-13,15,23-26,29-30,32H,1,14,16H2,2H3. The van der Waals surface area contributed by atoms with Crippen LogP contribution in [0.15, 0.2) is 79.6 Å². The Morgan fingerprint density at radius 3 is 2.60 bits per heavy atom. The molecule has 180 valence electrons. The van der Waals surface area contributed by atoms with Gasteiger partial charge in [0.1, 0.15) is 18.4 Å². The molecule has 4 unspecified atom stereocenters. The minimum Gasteiger partial charge on any atom is -0.508 e. The molecule has 0 spiro atoms. The molecule has 8 nitrogen and oxygen atoms in total. The number of fused-ring (bicyclic) bond motifs is 1. The van der Waals surface area contributed by atoms with Gasteiger partial charge < -0.3 is 19.5 Å². The fourth-order valence-electron chi connectivity index (χ4n) is 5.11. The second-order valence-electron chi connectivity index (χ2n) is 8.66. The minimum atomic E-state index is -0.450. The zero-order chi connectivity index (χ0) is 24.4. The minimum absolute atomic E-state index is 0.00631. The molecule has 2 fully saturated rings. The lowest BCUT2D eigenvalue weighted by molar-refractivity contribution is -0.131. The number of benzene rings is 2. The van der Waals surface area contributed by atoms with Crippen LogP contribution >= 0.6 is 0 Å². The molecule has 3 aromatic rings. The van der Waals surface area contributed by atoms with Crippen molar-refractivity contribution < 1.29 is 19.4 Å². The Morgan fingerprint density at radius 1 is 1.09 bits per heavy atom. The van der Waals surface area contributed by atoms with E-state index in [1.54, 1.807) is 37.7 Å². The van der Waals surface area contributed by atoms with E-state index in [0.717, 1.165) is 16.7 Å². The summed E-state index contributed by atoms with van der Waals surface area (Å²) in [6, 6.07) is 15.8. The van der Waals surface area contributed by atoms with Crippen molar-refractivity contribution in [2.75, 3.05) is 13.7 Å². The number of likely N-dealkylation sites (tertiary alicyclic amines) is 1. The van der Waals surface area contributed by atoms with Crippen molar-refractivity contribution >= 4 is 5.91 Å². The molecule has 1 amide bonds. The van der Waals surface area contributed by atoms with Crippen LogP contribution in [-0.4, -0.2) is 40.7 Å². The lowest BCUT2D eigenvalue weighted by Gasteiger charge is -2.32. The Hall–Kier alpha value is -3.88. The maximum atomic E-state index is 13.7. The van der Waals surface area contributed by atoms with Crippen molar-refractivity contribution in [1.29, 1.82) is 0 Å². The summed E-state index contributed by atoms with van der Waals surface area (Å²) < 4.78 is 11.4. The van der Waals surface area contributed by atoms with Crippen LogP contribution in [-0.2, 0) is 11.3 Å². The first-order chi connectivity index (χ1) is 17.1. The van der Waals surface area contributed by atoms with Gasteiger partial charge in [-0.25, -0.2) is 10.9 Å². The van der Waals surface area contributed by atoms with E-state index in [1.807, 2.05) is 47.4 Å². The second kappa shape index (κ2) is 9.77. The normalized spacial score (nSPS) is 23.2. The number of nitrogens with zero attached hydrogens (tertiary/aromatic N) is 2. The molecule has 2 aliphatic heterocycles. The Balaban J connectivity index is 1.58. The van der Waals surface area contributed by atoms with E-state index in [0.29, 0.717) is 24.7 Å². The number of rotatable bonds is 8. The van der Waals surface area contributed by atoms with Crippen LogP contribution in [0.25, 0.3) is 0 Å². The molecule has 3 heterocycles. The van der Waals surface area contributed by atoms with Crippen molar-refractivity contribution in [3.05, 3.63) is 96.3 Å². The lowest BCUT2D eigenvalue weighted by atomic mass is 9.83. The quantitative estimate of drug-likeness (QED) is 0.433. The molecule has 8 heteroatoms. The van der Waals surface area contributed by atoms with Crippen molar-refractivity contribution in [3.8, 4) is 17.2 Å². The molecular weight excluding hydrogens is 444 g/mol. The SMILES string of the molecule is C=CCOc1ccc(C2C3C(NNC3c3ccccc3O)C(=O)N2Cc2ccncc2)cc1OC. The number of carbonyl (C=O) groups excluding carboxylic acids is 1. The summed E-state index contributed by atoms with van der Waals surface area (Å²) in [5, 5.41) is 10.6. The predicted octanol–water partition coefficient (Wildman–Crippen LogP) is 3.28. The summed E-state index contributed by atoms with van der Waals surface area (Å²) in [6.07, 6.45) is 5.13. The first-order valence-corrected chi connectivity index (χ1v) is 11.5. The molecule has 2 saturated heterocycles. The van der Waals surface area contributed by atoms with Gasteiger partial charge in [0.15, 0.2) is 11.5 Å². The number of carbonyl (C=O) groups is 1. The van der Waals surface area contributed by atoms with Gasteiger partial charge in [-0.3, -0.25) is 9.78 Å². The van der Waals surface area contributed by atoms with Crippen molar-refractivity contribution in [2.45, 2.75) is 24.7 Å². The second-order valence-corrected chi connectivity index (χ2v) is 8.66. The Labute approximate surface area is 204 Å². The van der Waals surface area contributed by atoms with Gasteiger partial charge in [0.2, 0.25) is 5.91 Å². The number of hydrogen-bond acceptors (Lipinski definition) is 7. The number of phenols is 1. The van der Waals surface area contributed by atoms with Gasteiger partial charge in [-0.05, 0) is 41.5 Å². The molecule has 2 aliphatic rings. The molecule has 3 N–H and O–H groups in total. The third-order valence-corrected chi connectivity index (χ3v) is 6.67. The Kier molecular flexibility index (Phi) is 6.39. The number of aromatic nitrogens is 1. The van der Waals surface area contributed by atoms with Crippen LogP contribution in [0.5, 0.6) is 17.2 Å². The van der Waals surface area contributed by atoms with E-state index in [2.05, 4.69) is 22.4 Å². The molecule has 0 aliphatic carbocycles. The van der Waals surface area contributed by atoms with E-state index in [9.17, 15) is 9.90 Å². The van der Waals surface area contributed by atoms with Crippen molar-refractivity contribution in [2.24, 2.45) is 5.92 Å². The predicted molar refractivity (Wildman–Crippen MR) is 131 cm³/mol. The largest absolute Gasteiger partial charge is 0.508 e. The molecule has 2 aromatic carbocycles. The molecule has 0 radical (unpaired) electrons. The fourth-order valence-corrected chi connectivity index (χ4v) is 5.11. The average Bonchev–Trinajstić information content (AvgIpc) is 3.42. The summed E-state index contributed by atoms with van der Waals surface area (Å²) in [7, 11) is 1.60. The number of phenolic OH excluding ortho intramolecular Hbond substituents is 1. The average molecular weight is 473 g/mol. The Bertz CT molecular complexity index is 1220. The summed E-state index contributed by atoms with van der Waals surface area (Å²) >= 11 is 0. The number of ether oxygens (including phenoxy) is 2. The van der Waals surface area contributed by atoms with Gasteiger partial charge >= 0.3 is 0 Å². The molecule has 4 atom stereocenters. The van der Waals surface area contributed by atoms with Crippen molar-refractivity contribution in [1.82, 2.24) is 20.7 Å². The number of hydrogen-bond donors (Lipinski definition) is 3. The molecule has 1 aromatic heterocycles. The third kappa shape index (κ3) is 4.22. The highest BCUT2D eigenvalue weighted by Gasteiger charge is 2.55. The number of nitrogens with one attached hydrogen (secondary N) is 2. The first-order valence-electron chi connectivity index (χ1n) is 11.5. The highest BCUT2D eigenvalue weighted by molar-refractivity contribution is 5.86. The molecule has 35 heavy (non-hydrogen) atoms. The number of para-hydroxylation sites is 1. The summed E-state index contributed by atoms with van der Waals surface area (Å²) in [5.41, 5.74) is 9.12. The van der Waals surface area contributed by atoms with E-state index in [1.165, 1.54) is 0 Å². The third-order valence-electron chi connectivity index (χ3n) is 6.67. The zero-order valence-corrected chi connectivity index (χ0v) is 19.4. The van der Waals surface area contributed by atoms with Crippen molar-refractivity contribution in [3.63, 3.8) is 0 Å². The molecule has 0 saturated carbocycles. The van der Waals surface area contributed by atoms with Gasteiger partial charge in [0.25, 0.3) is 0 Å². The number of hydrazine groups is 1. The fraction of sp³-hybridized carbons (Fsp3) is 0.259. The number of methoxy groups -OCH3 is 1. The smallest absolute Gasteiger partial charge is 0.242 e. The molecular formula is C27H28N4O4. The van der Waals surface area contributed by atoms with E-state index >= 15 is 0 Å². The highest BCUT2D eigenvalue weighted by Crippen LogP contribution is 2.50. The summed E-state index contributed by atoms with van der Waals surface area (Å²) in [4.78, 5) is 19.7. The van der Waals surface area contributed by atoms with Gasteiger partial charge in [0, 0.05) is 30.4 Å². The molecule has 5 rings (SSSR count). The lowest BCUT2D eigenvalue weighted by Crippen LogP contribution is -2.41. The number of aromatic hydroxyl groups is 1. The van der Waals surface area contributed by atoms with Crippen LogP contribution in [0.2, 0.25) is 0 Å². The monoisotopic (exact) mass is 472 g/mol. The van der Waals surface area contributed by atoms with E-state index < -0.39 is 6.04 Å². The van der Waals surface area contributed by atoms with Crippen LogP contribution in [0.3, 0.4) is 0 Å². The summed E-state index contributed by atoms with van der Waals surface area (Å²) in [6.45, 7) is 4.50. The number of pyridine rings is 1. The van der Waals surface area contributed by atoms with Crippen LogP contribution < -0.4 is 20.3 Å². The van der Waals surface area contributed by atoms with E-state index in [4.69, 9.17) is 9.47 Å². The maximum absolute atomic E-state index is 13.7. The first kappa shape index (κ1) is 22.9. The number of amides is 1. The van der Waals surface area contributed by atoms with Gasteiger partial charge in [-0.1, -0.05) is 36.9 Å². The van der Waals surface area contributed by atoms with Crippen LogP contribution in [0, 0.1) is 5.92 Å². The van der Waals surface area contributed by atoms with Gasteiger partial charge in [-0.15, -0.1) is 0 Å². The topological polar surface area (TPSA) is 96.0 Å². The van der Waals surface area contributed by atoms with Crippen LogP contribution in [0.1, 0.15) is 28.8 Å². The Morgan fingerprint density at radius 2 is 1.86 bits per heavy atom. The van der Waals surface area contributed by atoms with Crippen LogP contribution in [0.4, 0.5) is 0 Å². The summed E-state index contributed by atoms with van der Waals surface area (Å²) in [5.74, 6) is 1.20. The van der Waals surface area contributed by atoms with E-state index in [-0.39, 0.29) is 29.7 Å². The zero-order valence-electron chi connectivity index (χ0n) is 19.4. The van der Waals surface area contributed by atoms with Gasteiger partial charge in [0.05, 0.1) is 19.2 Å². The van der Waals surface area contributed by atoms with Gasteiger partial charge in [-0.2, -0.15) is 0 Å². The maximum Gasteiger partial charge on any atom is 0.242 e. The molecule has 0 bridgehead atoms. The highest BCUT2D eigenvalue weighted by atomic mass is 16.5.